The van der Waals surface area contributed by atoms with E-state index in [4.69, 9.17) is 10.5 Å². The lowest BCUT2D eigenvalue weighted by atomic mass is 10.1. The van der Waals surface area contributed by atoms with Crippen LogP contribution in [0.2, 0.25) is 0 Å². The number of carbonyl (C=O) groups is 1. The molecular formula is C18H22N4O4S. The van der Waals surface area contributed by atoms with Crippen molar-refractivity contribution < 1.29 is 17.9 Å². The molecule has 1 aliphatic heterocycles. The summed E-state index contributed by atoms with van der Waals surface area (Å²) in [4.78, 5) is 22.2. The second-order valence-corrected chi connectivity index (χ2v) is 8.69. The fourth-order valence-corrected chi connectivity index (χ4v) is 3.57. The van der Waals surface area contributed by atoms with E-state index in [1.54, 1.807) is 30.3 Å². The molecule has 3 rings (SSSR count). The summed E-state index contributed by atoms with van der Waals surface area (Å²) in [6, 6.07) is 8.92. The van der Waals surface area contributed by atoms with Gasteiger partial charge in [0, 0.05) is 31.0 Å². The molecule has 0 aliphatic carbocycles. The highest BCUT2D eigenvalue weighted by Gasteiger charge is 2.17. The van der Waals surface area contributed by atoms with Gasteiger partial charge in [0.15, 0.2) is 15.7 Å². The van der Waals surface area contributed by atoms with Gasteiger partial charge in [-0.05, 0) is 5.56 Å². The number of ether oxygens (including phenoxy) is 1. The molecule has 2 heterocycles. The normalized spacial score (nSPS) is 14.9. The Hall–Kier alpha value is -2.52. The van der Waals surface area contributed by atoms with Crippen molar-refractivity contribution in [1.29, 1.82) is 0 Å². The lowest BCUT2D eigenvalue weighted by Gasteiger charge is -2.28. The molecule has 0 atom stereocenters. The Labute approximate surface area is 158 Å². The van der Waals surface area contributed by atoms with Crippen LogP contribution >= 0.6 is 0 Å². The van der Waals surface area contributed by atoms with Crippen LogP contribution in [0.25, 0.3) is 11.4 Å². The van der Waals surface area contributed by atoms with Crippen LogP contribution in [0.1, 0.15) is 11.3 Å². The van der Waals surface area contributed by atoms with Crippen LogP contribution in [-0.4, -0.2) is 56.9 Å². The van der Waals surface area contributed by atoms with E-state index in [2.05, 4.69) is 14.9 Å². The summed E-state index contributed by atoms with van der Waals surface area (Å²) < 4.78 is 28.9. The van der Waals surface area contributed by atoms with Gasteiger partial charge in [0.2, 0.25) is 5.91 Å². The quantitative estimate of drug-likeness (QED) is 0.766. The van der Waals surface area contributed by atoms with Crippen molar-refractivity contribution in [2.45, 2.75) is 12.2 Å². The van der Waals surface area contributed by atoms with Crippen molar-refractivity contribution in [2.24, 2.45) is 5.73 Å². The number of aromatic nitrogens is 2. The van der Waals surface area contributed by atoms with E-state index in [-0.39, 0.29) is 12.2 Å². The van der Waals surface area contributed by atoms with Crippen molar-refractivity contribution in [3.8, 4) is 11.4 Å². The fraction of sp³-hybridized carbons (Fsp3) is 0.389. The number of sulfone groups is 1. The number of hydrogen-bond donors (Lipinski definition) is 1. The van der Waals surface area contributed by atoms with Crippen LogP contribution in [-0.2, 0) is 31.5 Å². The number of amides is 1. The predicted molar refractivity (Wildman–Crippen MR) is 102 cm³/mol. The second-order valence-electron chi connectivity index (χ2n) is 6.55. The third-order valence-corrected chi connectivity index (χ3v) is 4.92. The molecule has 1 aromatic carbocycles. The zero-order valence-electron chi connectivity index (χ0n) is 15.1. The van der Waals surface area contributed by atoms with Gasteiger partial charge in [-0.3, -0.25) is 4.79 Å². The minimum Gasteiger partial charge on any atom is -0.378 e. The average Bonchev–Trinajstić information content (AvgIpc) is 2.61. The molecule has 2 N–H and O–H groups in total. The van der Waals surface area contributed by atoms with Crippen LogP contribution in [0.5, 0.6) is 0 Å². The van der Waals surface area contributed by atoms with Gasteiger partial charge in [-0.2, -0.15) is 0 Å². The largest absolute Gasteiger partial charge is 0.378 e. The number of morpholine rings is 1. The van der Waals surface area contributed by atoms with Crippen LogP contribution < -0.4 is 10.6 Å². The van der Waals surface area contributed by atoms with Gasteiger partial charge in [0.25, 0.3) is 0 Å². The molecule has 0 spiro atoms. The highest BCUT2D eigenvalue weighted by molar-refractivity contribution is 7.89. The molecule has 0 saturated carbocycles. The van der Waals surface area contributed by atoms with Crippen molar-refractivity contribution in [3.63, 3.8) is 0 Å². The maximum atomic E-state index is 11.7. The lowest BCUT2D eigenvalue weighted by molar-refractivity contribution is -0.117. The Morgan fingerprint density at radius 1 is 1.19 bits per heavy atom. The van der Waals surface area contributed by atoms with Gasteiger partial charge in [-0.15, -0.1) is 0 Å². The molecule has 1 aromatic heterocycles. The van der Waals surface area contributed by atoms with Crippen LogP contribution in [0.4, 0.5) is 5.82 Å². The SMILES string of the molecule is CS(=O)(=O)Cc1cc(N2CCOCC2)nc(-c2ccc(CC(N)=O)cc2)n1. The molecule has 0 radical (unpaired) electrons. The Morgan fingerprint density at radius 2 is 1.85 bits per heavy atom. The van der Waals surface area contributed by atoms with E-state index < -0.39 is 15.7 Å². The number of nitrogens with zero attached hydrogens (tertiary/aromatic N) is 3. The molecule has 9 heteroatoms. The Bertz CT molecular complexity index is 923. The zero-order valence-corrected chi connectivity index (χ0v) is 15.9. The van der Waals surface area contributed by atoms with Crippen molar-refractivity contribution in [2.75, 3.05) is 37.5 Å². The van der Waals surface area contributed by atoms with Crippen LogP contribution in [0, 0.1) is 0 Å². The minimum absolute atomic E-state index is 0.153. The summed E-state index contributed by atoms with van der Waals surface area (Å²) in [7, 11) is -3.23. The van der Waals surface area contributed by atoms with E-state index in [0.29, 0.717) is 43.6 Å². The molecule has 8 nitrogen and oxygen atoms in total. The summed E-state index contributed by atoms with van der Waals surface area (Å²) in [5.74, 6) is 0.578. The van der Waals surface area contributed by atoms with Gasteiger partial charge in [0.1, 0.15) is 5.82 Å². The standard InChI is InChI=1S/C18H22N4O4S/c1-27(24,25)12-15-11-17(22-6-8-26-9-7-22)21-18(20-15)14-4-2-13(3-5-14)10-16(19)23/h2-5,11H,6-10,12H2,1H3,(H2,19,23). The first-order valence-electron chi connectivity index (χ1n) is 8.56. The van der Waals surface area contributed by atoms with Gasteiger partial charge in [-0.25, -0.2) is 18.4 Å². The number of nitrogens with two attached hydrogens (primary N) is 1. The number of carbonyl (C=O) groups excluding carboxylic acids is 1. The highest BCUT2D eigenvalue weighted by Crippen LogP contribution is 2.22. The summed E-state index contributed by atoms with van der Waals surface area (Å²) in [6.45, 7) is 2.57. The Balaban J connectivity index is 1.97. The van der Waals surface area contributed by atoms with Gasteiger partial charge >= 0.3 is 0 Å². The number of rotatable bonds is 6. The number of anilines is 1. The monoisotopic (exact) mass is 390 g/mol. The number of primary amides is 1. The smallest absolute Gasteiger partial charge is 0.221 e. The molecule has 1 amide bonds. The van der Waals surface area contributed by atoms with Gasteiger partial charge in [0.05, 0.1) is 31.1 Å². The number of benzene rings is 1. The lowest BCUT2D eigenvalue weighted by Crippen LogP contribution is -2.37. The van der Waals surface area contributed by atoms with E-state index in [1.807, 2.05) is 0 Å². The number of hydrogen-bond acceptors (Lipinski definition) is 7. The average molecular weight is 390 g/mol. The third kappa shape index (κ3) is 5.48. The molecular weight excluding hydrogens is 368 g/mol. The summed E-state index contributed by atoms with van der Waals surface area (Å²) in [5, 5.41) is 0. The Morgan fingerprint density at radius 3 is 2.44 bits per heavy atom. The molecule has 27 heavy (non-hydrogen) atoms. The van der Waals surface area contributed by atoms with Crippen molar-refractivity contribution >= 4 is 21.6 Å². The predicted octanol–water partition coefficient (Wildman–Crippen LogP) is 0.553. The maximum Gasteiger partial charge on any atom is 0.221 e. The van der Waals surface area contributed by atoms with Gasteiger partial charge < -0.3 is 15.4 Å². The summed E-state index contributed by atoms with van der Waals surface area (Å²) in [6.07, 6.45) is 1.34. The van der Waals surface area contributed by atoms with Crippen LogP contribution in [0.15, 0.2) is 30.3 Å². The summed E-state index contributed by atoms with van der Waals surface area (Å²) >= 11 is 0. The van der Waals surface area contributed by atoms with Crippen LogP contribution in [0.3, 0.4) is 0 Å². The third-order valence-electron chi connectivity index (χ3n) is 4.10. The van der Waals surface area contributed by atoms with Crippen molar-refractivity contribution in [1.82, 2.24) is 9.97 Å². The molecule has 1 aliphatic rings. The van der Waals surface area contributed by atoms with E-state index in [0.717, 1.165) is 11.1 Å². The van der Waals surface area contributed by atoms with E-state index in [9.17, 15) is 13.2 Å². The first-order chi connectivity index (χ1) is 12.8. The highest BCUT2D eigenvalue weighted by atomic mass is 32.2. The molecule has 0 unspecified atom stereocenters. The van der Waals surface area contributed by atoms with Crippen molar-refractivity contribution in [3.05, 3.63) is 41.6 Å². The molecule has 1 saturated heterocycles. The Kier molecular flexibility index (Phi) is 5.71. The topological polar surface area (TPSA) is 115 Å². The van der Waals surface area contributed by atoms with E-state index >= 15 is 0 Å². The second kappa shape index (κ2) is 8.01. The van der Waals surface area contributed by atoms with Gasteiger partial charge in [-0.1, -0.05) is 24.3 Å². The fourth-order valence-electron chi connectivity index (χ4n) is 2.88. The first-order valence-corrected chi connectivity index (χ1v) is 10.6. The minimum atomic E-state index is -3.23. The molecule has 2 aromatic rings. The first kappa shape index (κ1) is 19.2. The maximum absolute atomic E-state index is 11.7. The summed E-state index contributed by atoms with van der Waals surface area (Å²) in [5.41, 5.74) is 7.21. The molecule has 0 bridgehead atoms. The molecule has 144 valence electrons. The van der Waals surface area contributed by atoms with E-state index in [1.165, 1.54) is 6.26 Å². The zero-order chi connectivity index (χ0) is 19.4. The molecule has 1 fully saturated rings.